The number of hydrogen-bond acceptors (Lipinski definition) is 5. The Morgan fingerprint density at radius 3 is 2.45 bits per heavy atom. The van der Waals surface area contributed by atoms with Crippen molar-refractivity contribution >= 4 is 11.8 Å². The molecule has 0 aliphatic heterocycles. The van der Waals surface area contributed by atoms with Gasteiger partial charge in [-0.15, -0.1) is 0 Å². The largest absolute Gasteiger partial charge is 0.444 e. The monoisotopic (exact) mass is 318 g/mol. The van der Waals surface area contributed by atoms with Crippen molar-refractivity contribution in [3.05, 3.63) is 29.3 Å². The van der Waals surface area contributed by atoms with E-state index < -0.39 is 35.5 Å². The number of nitrogens with one attached hydrogen (secondary N) is 1. The molecule has 6 nitrogen and oxygen atoms in total. The van der Waals surface area contributed by atoms with Crippen LogP contribution in [0.5, 0.6) is 0 Å². The normalized spacial score (nSPS) is 14.3. The van der Waals surface area contributed by atoms with Crippen LogP contribution >= 0.6 is 0 Å². The molecule has 0 aromatic heterocycles. The average Bonchev–Trinajstić information content (AvgIpc) is 2.37. The van der Waals surface area contributed by atoms with Gasteiger partial charge in [0.15, 0.2) is 0 Å². The lowest BCUT2D eigenvalue weighted by Crippen LogP contribution is -2.39. The fourth-order valence-corrected chi connectivity index (χ4v) is 1.63. The number of rotatable bonds is 4. The van der Waals surface area contributed by atoms with Gasteiger partial charge < -0.3 is 26.0 Å². The lowest BCUT2D eigenvalue weighted by Gasteiger charge is -2.22. The first-order valence-corrected chi connectivity index (χ1v) is 6.58. The summed E-state index contributed by atoms with van der Waals surface area (Å²) in [5.41, 5.74) is 3.86. The molecule has 1 aromatic carbocycles. The van der Waals surface area contributed by atoms with Crippen LogP contribution in [0.25, 0.3) is 0 Å². The highest BCUT2D eigenvalue weighted by molar-refractivity contribution is 5.67. The number of alkyl carbamates (subject to hydrolysis) is 1. The number of aliphatic hydroxyl groups excluding tert-OH is 2. The molecule has 0 fully saturated rings. The second kappa shape index (κ2) is 6.89. The Hall–Kier alpha value is -1.93. The minimum absolute atomic E-state index is 0.359. The van der Waals surface area contributed by atoms with Crippen LogP contribution in [-0.4, -0.2) is 34.6 Å². The molecule has 2 atom stereocenters. The number of halogens is 2. The standard InChI is InChI=1S/C14H20F2N2O4/c1-14(2,3)22-13(21)18-6-11(19)12(20)7-4-10(17)9(16)5-8(7)15/h4-5,11-12,19-20H,6,17H2,1-3H3,(H,18,21). The molecule has 0 saturated carbocycles. The van der Waals surface area contributed by atoms with E-state index >= 15 is 0 Å². The molecule has 0 spiro atoms. The summed E-state index contributed by atoms with van der Waals surface area (Å²) in [6, 6.07) is 1.41. The highest BCUT2D eigenvalue weighted by atomic mass is 19.1. The predicted molar refractivity (Wildman–Crippen MR) is 76.0 cm³/mol. The summed E-state index contributed by atoms with van der Waals surface area (Å²) in [7, 11) is 0. The van der Waals surface area contributed by atoms with E-state index in [0.717, 1.165) is 6.07 Å². The van der Waals surface area contributed by atoms with Crippen molar-refractivity contribution in [2.45, 2.75) is 38.6 Å². The third-order valence-electron chi connectivity index (χ3n) is 2.65. The van der Waals surface area contributed by atoms with E-state index in [0.29, 0.717) is 6.07 Å². The number of aliphatic hydroxyl groups is 2. The van der Waals surface area contributed by atoms with Crippen LogP contribution in [0.3, 0.4) is 0 Å². The van der Waals surface area contributed by atoms with Gasteiger partial charge in [-0.2, -0.15) is 0 Å². The van der Waals surface area contributed by atoms with Crippen molar-refractivity contribution in [1.29, 1.82) is 0 Å². The Labute approximate surface area is 126 Å². The van der Waals surface area contributed by atoms with E-state index in [1.165, 1.54) is 0 Å². The second-order valence-corrected chi connectivity index (χ2v) is 5.79. The van der Waals surface area contributed by atoms with Crippen molar-refractivity contribution in [1.82, 2.24) is 5.32 Å². The molecule has 0 radical (unpaired) electrons. The quantitative estimate of drug-likeness (QED) is 0.629. The lowest BCUT2D eigenvalue weighted by atomic mass is 10.0. The topological polar surface area (TPSA) is 105 Å². The third-order valence-corrected chi connectivity index (χ3v) is 2.65. The third kappa shape index (κ3) is 5.12. The maximum absolute atomic E-state index is 13.6. The van der Waals surface area contributed by atoms with E-state index in [-0.39, 0.29) is 17.8 Å². The van der Waals surface area contributed by atoms with Gasteiger partial charge in [0.1, 0.15) is 29.4 Å². The molecule has 0 aliphatic rings. The number of ether oxygens (including phenoxy) is 1. The molecular weight excluding hydrogens is 298 g/mol. The van der Waals surface area contributed by atoms with E-state index in [2.05, 4.69) is 5.32 Å². The maximum atomic E-state index is 13.6. The van der Waals surface area contributed by atoms with Gasteiger partial charge in [-0.05, 0) is 26.8 Å². The van der Waals surface area contributed by atoms with Crippen molar-refractivity contribution < 1.29 is 28.5 Å². The van der Waals surface area contributed by atoms with Gasteiger partial charge in [-0.25, -0.2) is 13.6 Å². The van der Waals surface area contributed by atoms with Gasteiger partial charge in [0, 0.05) is 18.2 Å². The van der Waals surface area contributed by atoms with Gasteiger partial charge in [-0.3, -0.25) is 0 Å². The molecule has 8 heteroatoms. The molecule has 2 unspecified atom stereocenters. The SMILES string of the molecule is CC(C)(C)OC(=O)NCC(O)C(O)c1cc(N)c(F)cc1F. The minimum atomic E-state index is -1.68. The molecule has 0 saturated heterocycles. The zero-order valence-electron chi connectivity index (χ0n) is 12.6. The van der Waals surface area contributed by atoms with Gasteiger partial charge in [0.25, 0.3) is 0 Å². The Morgan fingerprint density at radius 2 is 1.91 bits per heavy atom. The maximum Gasteiger partial charge on any atom is 0.407 e. The molecule has 5 N–H and O–H groups in total. The van der Waals surface area contributed by atoms with Gasteiger partial charge >= 0.3 is 6.09 Å². The predicted octanol–water partition coefficient (Wildman–Crippen LogP) is 1.47. The molecule has 1 rings (SSSR count). The first kappa shape index (κ1) is 18.1. The van der Waals surface area contributed by atoms with Gasteiger partial charge in [0.2, 0.25) is 0 Å². The highest BCUT2D eigenvalue weighted by Gasteiger charge is 2.24. The Balaban J connectivity index is 2.68. The number of nitrogens with two attached hydrogens (primary N) is 1. The molecule has 0 aliphatic carbocycles. The fraction of sp³-hybridized carbons (Fsp3) is 0.500. The van der Waals surface area contributed by atoms with Gasteiger partial charge in [-0.1, -0.05) is 0 Å². The summed E-state index contributed by atoms with van der Waals surface area (Å²) < 4.78 is 31.6. The van der Waals surface area contributed by atoms with E-state index in [9.17, 15) is 23.8 Å². The average molecular weight is 318 g/mol. The van der Waals surface area contributed by atoms with Crippen LogP contribution in [-0.2, 0) is 4.74 Å². The van der Waals surface area contributed by atoms with Crippen LogP contribution in [0, 0.1) is 11.6 Å². The summed E-state index contributed by atoms with van der Waals surface area (Å²) >= 11 is 0. The lowest BCUT2D eigenvalue weighted by molar-refractivity contribution is 0.0113. The molecule has 0 heterocycles. The van der Waals surface area contributed by atoms with Gasteiger partial charge in [0.05, 0.1) is 5.69 Å². The fourth-order valence-electron chi connectivity index (χ4n) is 1.63. The number of carbonyl (C=O) groups is 1. The first-order chi connectivity index (χ1) is 10.0. The molecule has 0 bridgehead atoms. The van der Waals surface area contributed by atoms with Crippen molar-refractivity contribution in [3.8, 4) is 0 Å². The smallest absolute Gasteiger partial charge is 0.407 e. The number of hydrogen-bond donors (Lipinski definition) is 4. The molecular formula is C14H20F2N2O4. The number of benzene rings is 1. The zero-order valence-corrected chi connectivity index (χ0v) is 12.6. The molecule has 22 heavy (non-hydrogen) atoms. The van der Waals surface area contributed by atoms with Crippen LogP contribution in [0.1, 0.15) is 32.4 Å². The van der Waals surface area contributed by atoms with Crippen molar-refractivity contribution in [2.24, 2.45) is 0 Å². The molecule has 1 amide bonds. The van der Waals surface area contributed by atoms with E-state index in [1.807, 2.05) is 0 Å². The molecule has 124 valence electrons. The summed E-state index contributed by atoms with van der Waals surface area (Å²) in [5.74, 6) is -2.01. The van der Waals surface area contributed by atoms with Crippen LogP contribution in [0.4, 0.5) is 19.3 Å². The van der Waals surface area contributed by atoms with Crippen LogP contribution in [0.2, 0.25) is 0 Å². The Morgan fingerprint density at radius 1 is 1.32 bits per heavy atom. The van der Waals surface area contributed by atoms with E-state index in [1.54, 1.807) is 20.8 Å². The number of carbonyl (C=O) groups excluding carboxylic acids is 1. The van der Waals surface area contributed by atoms with Crippen molar-refractivity contribution in [3.63, 3.8) is 0 Å². The number of nitrogen functional groups attached to an aromatic ring is 1. The van der Waals surface area contributed by atoms with Crippen molar-refractivity contribution in [2.75, 3.05) is 12.3 Å². The van der Waals surface area contributed by atoms with E-state index in [4.69, 9.17) is 10.5 Å². The zero-order chi connectivity index (χ0) is 17.1. The molecule has 1 aromatic rings. The summed E-state index contributed by atoms with van der Waals surface area (Å²) in [4.78, 5) is 11.4. The second-order valence-electron chi connectivity index (χ2n) is 5.79. The minimum Gasteiger partial charge on any atom is -0.444 e. The number of amides is 1. The van der Waals surface area contributed by atoms with Crippen LogP contribution in [0.15, 0.2) is 12.1 Å². The Kier molecular flexibility index (Phi) is 5.67. The highest BCUT2D eigenvalue weighted by Crippen LogP contribution is 2.24. The van der Waals surface area contributed by atoms with Crippen LogP contribution < -0.4 is 11.1 Å². The Bertz CT molecular complexity index is 546. The summed E-state index contributed by atoms with van der Waals surface area (Å²) in [5, 5.41) is 21.9. The first-order valence-electron chi connectivity index (χ1n) is 6.58. The number of anilines is 1. The summed E-state index contributed by atoms with van der Waals surface area (Å²) in [6.07, 6.45) is -4.00. The summed E-state index contributed by atoms with van der Waals surface area (Å²) in [6.45, 7) is 4.60.